The van der Waals surface area contributed by atoms with E-state index in [1.165, 1.54) is 12.1 Å². The molecule has 1 fully saturated rings. The number of nitrogens with zero attached hydrogens (tertiary/aromatic N) is 4. The van der Waals surface area contributed by atoms with Gasteiger partial charge in [0.25, 0.3) is 5.69 Å². The van der Waals surface area contributed by atoms with Gasteiger partial charge in [-0.1, -0.05) is 0 Å². The van der Waals surface area contributed by atoms with Crippen LogP contribution in [-0.2, 0) is 16.0 Å². The first-order chi connectivity index (χ1) is 17.9. The summed E-state index contributed by atoms with van der Waals surface area (Å²) in [7, 11) is 0. The van der Waals surface area contributed by atoms with Crippen LogP contribution in [0.5, 0.6) is 11.6 Å². The van der Waals surface area contributed by atoms with E-state index in [0.717, 1.165) is 29.1 Å². The summed E-state index contributed by atoms with van der Waals surface area (Å²) >= 11 is 0. The van der Waals surface area contributed by atoms with Gasteiger partial charge in [-0.3, -0.25) is 14.9 Å². The number of halogens is 3. The van der Waals surface area contributed by atoms with E-state index < -0.39 is 29.2 Å². The average molecular weight is 534 g/mol. The van der Waals surface area contributed by atoms with Crippen molar-refractivity contribution in [2.45, 2.75) is 37.5 Å². The number of ether oxygens (including phenoxy) is 1. The number of aliphatic carboxylic acids is 1. The van der Waals surface area contributed by atoms with Crippen molar-refractivity contribution >= 4 is 28.5 Å². The van der Waals surface area contributed by atoms with Crippen molar-refractivity contribution in [3.05, 3.63) is 58.4 Å². The van der Waals surface area contributed by atoms with E-state index in [4.69, 9.17) is 20.4 Å². The molecule has 12 nitrogen and oxygen atoms in total. The van der Waals surface area contributed by atoms with Crippen LogP contribution >= 0.6 is 0 Å². The predicted molar refractivity (Wildman–Crippen MR) is 125 cm³/mol. The third-order valence-electron chi connectivity index (χ3n) is 5.58. The Morgan fingerprint density at radius 1 is 1.37 bits per heavy atom. The van der Waals surface area contributed by atoms with Crippen LogP contribution in [0.3, 0.4) is 0 Å². The van der Waals surface area contributed by atoms with E-state index in [1.54, 1.807) is 23.2 Å². The third kappa shape index (κ3) is 6.73. The molecule has 0 bridgehead atoms. The quantitative estimate of drug-likeness (QED) is 0.315. The number of hydrogen-bond acceptors (Lipinski definition) is 8. The molecule has 3 aromatic rings. The summed E-state index contributed by atoms with van der Waals surface area (Å²) in [5.74, 6) is -2.25. The van der Waals surface area contributed by atoms with E-state index in [2.05, 4.69) is 16.0 Å². The zero-order chi connectivity index (χ0) is 28.0. The minimum Gasteiger partial charge on any atom is -0.475 e. The first-order valence-corrected chi connectivity index (χ1v) is 11.0. The number of carboxylic acid groups (broad SMARTS) is 1. The number of nitro groups is 1. The first-order valence-electron chi connectivity index (χ1n) is 11.0. The number of alkyl halides is 3. The second kappa shape index (κ2) is 11.6. The van der Waals surface area contributed by atoms with Crippen molar-refractivity contribution in [2.75, 3.05) is 6.54 Å². The summed E-state index contributed by atoms with van der Waals surface area (Å²) in [6.07, 6.45) is -0.349. The Hall–Kier alpha value is -4.71. The lowest BCUT2D eigenvalue weighted by Crippen LogP contribution is -2.46. The predicted octanol–water partition coefficient (Wildman–Crippen LogP) is 3.28. The van der Waals surface area contributed by atoms with Crippen LogP contribution in [0, 0.1) is 21.4 Å². The van der Waals surface area contributed by atoms with Crippen molar-refractivity contribution in [1.82, 2.24) is 14.9 Å². The molecule has 3 heterocycles. The van der Waals surface area contributed by atoms with Gasteiger partial charge in [0, 0.05) is 35.8 Å². The summed E-state index contributed by atoms with van der Waals surface area (Å²) in [6, 6.07) is 9.13. The number of carbonyl (C=O) groups excluding carboxylic acids is 1. The summed E-state index contributed by atoms with van der Waals surface area (Å²) in [6.45, 7) is 0.554. The molecule has 0 spiro atoms. The Morgan fingerprint density at radius 3 is 2.66 bits per heavy atom. The Balaban J connectivity index is 0.000000505. The Labute approximate surface area is 212 Å². The van der Waals surface area contributed by atoms with Crippen LogP contribution in [0.4, 0.5) is 18.9 Å². The Kier molecular flexibility index (Phi) is 8.48. The molecule has 15 heteroatoms. The van der Waals surface area contributed by atoms with Gasteiger partial charge in [-0.2, -0.15) is 18.4 Å². The number of aromatic amines is 1. The van der Waals surface area contributed by atoms with Gasteiger partial charge in [-0.05, 0) is 43.0 Å². The maximum Gasteiger partial charge on any atom is 0.490 e. The highest BCUT2D eigenvalue weighted by Gasteiger charge is 2.38. The SMILES string of the molecule is N#C[C@@H]1CCCN1C(=O)[C@@H](N)Cc1c[nH]c2ccc(Oc3ccc([N+](=O)[O-])cn3)cc12.O=C(O)C(F)(F)F. The van der Waals surface area contributed by atoms with E-state index in [1.807, 2.05) is 6.07 Å². The van der Waals surface area contributed by atoms with Crippen molar-refractivity contribution in [2.24, 2.45) is 5.73 Å². The highest BCUT2D eigenvalue weighted by atomic mass is 19.4. The second-order valence-corrected chi connectivity index (χ2v) is 8.17. The Morgan fingerprint density at radius 2 is 2.08 bits per heavy atom. The standard InChI is InChI=1S/C21H20N6O4.C2HF3O2/c22-10-14-2-1-7-26(14)21(28)18(23)8-13-11-24-19-5-4-16(9-17(13)19)31-20-6-3-15(12-25-20)27(29)30;3-2(4,5)1(6)7/h3-6,9,11-12,14,18,24H,1-2,7-8,23H2;(H,6,7)/t14-,18-;/m0./s1. The van der Waals surface area contributed by atoms with Crippen molar-refractivity contribution in [1.29, 1.82) is 5.26 Å². The molecule has 38 heavy (non-hydrogen) atoms. The second-order valence-electron chi connectivity index (χ2n) is 8.17. The third-order valence-corrected chi connectivity index (χ3v) is 5.58. The van der Waals surface area contributed by atoms with E-state index in [0.29, 0.717) is 25.1 Å². The average Bonchev–Trinajstić information content (AvgIpc) is 3.50. The van der Waals surface area contributed by atoms with Crippen molar-refractivity contribution in [3.63, 3.8) is 0 Å². The van der Waals surface area contributed by atoms with E-state index >= 15 is 0 Å². The molecule has 1 aromatic carbocycles. The summed E-state index contributed by atoms with van der Waals surface area (Å²) < 4.78 is 37.5. The molecule has 0 aliphatic carbocycles. The van der Waals surface area contributed by atoms with Crippen LogP contribution < -0.4 is 10.5 Å². The molecule has 4 N–H and O–H groups in total. The number of nitrogens with one attached hydrogen (secondary N) is 1. The molecule has 0 saturated carbocycles. The molecule has 1 aliphatic heterocycles. The number of carbonyl (C=O) groups is 2. The lowest BCUT2D eigenvalue weighted by Gasteiger charge is -2.23. The number of nitrogens with two attached hydrogens (primary N) is 1. The fourth-order valence-corrected chi connectivity index (χ4v) is 3.75. The van der Waals surface area contributed by atoms with E-state index in [-0.39, 0.29) is 17.5 Å². The zero-order valence-corrected chi connectivity index (χ0v) is 19.5. The molecule has 4 rings (SSSR count). The maximum atomic E-state index is 12.7. The van der Waals surface area contributed by atoms with Crippen molar-refractivity contribution in [3.8, 4) is 17.7 Å². The number of likely N-dealkylation sites (tertiary alicyclic amines) is 1. The number of hydrogen-bond donors (Lipinski definition) is 3. The summed E-state index contributed by atoms with van der Waals surface area (Å²) in [4.78, 5) is 40.5. The number of fused-ring (bicyclic) bond motifs is 1. The topological polar surface area (TPSA) is 188 Å². The van der Waals surface area contributed by atoms with Gasteiger partial charge in [0.2, 0.25) is 11.8 Å². The van der Waals surface area contributed by atoms with Gasteiger partial charge in [0.1, 0.15) is 18.0 Å². The van der Waals surface area contributed by atoms with Crippen molar-refractivity contribution < 1.29 is 37.5 Å². The lowest BCUT2D eigenvalue weighted by atomic mass is 10.0. The molecule has 1 amide bonds. The summed E-state index contributed by atoms with van der Waals surface area (Å²) in [5.41, 5.74) is 7.77. The lowest BCUT2D eigenvalue weighted by molar-refractivity contribution is -0.385. The number of pyridine rings is 1. The molecule has 1 saturated heterocycles. The van der Waals surface area contributed by atoms with Gasteiger partial charge >= 0.3 is 12.1 Å². The fraction of sp³-hybridized carbons (Fsp3) is 0.304. The van der Waals surface area contributed by atoms with Crippen LogP contribution in [0.1, 0.15) is 18.4 Å². The highest BCUT2D eigenvalue weighted by Crippen LogP contribution is 2.28. The van der Waals surface area contributed by atoms with Gasteiger partial charge in [-0.15, -0.1) is 0 Å². The number of amides is 1. The summed E-state index contributed by atoms with van der Waals surface area (Å²) in [5, 5.41) is 27.9. The van der Waals surface area contributed by atoms with Crippen LogP contribution in [0.2, 0.25) is 0 Å². The minimum absolute atomic E-state index is 0.119. The van der Waals surface area contributed by atoms with Gasteiger partial charge < -0.3 is 25.5 Å². The fourth-order valence-electron chi connectivity index (χ4n) is 3.75. The number of H-pyrrole nitrogens is 1. The molecule has 0 radical (unpaired) electrons. The molecular weight excluding hydrogens is 513 g/mol. The van der Waals surface area contributed by atoms with Gasteiger partial charge in [-0.25, -0.2) is 9.78 Å². The van der Waals surface area contributed by atoms with E-state index in [9.17, 15) is 33.3 Å². The minimum atomic E-state index is -5.08. The molecular formula is C23H21F3N6O6. The largest absolute Gasteiger partial charge is 0.490 e. The monoisotopic (exact) mass is 534 g/mol. The number of aromatic nitrogens is 2. The van der Waals surface area contributed by atoms with Gasteiger partial charge in [0.05, 0.1) is 17.0 Å². The molecule has 0 unspecified atom stereocenters. The molecule has 1 aliphatic rings. The van der Waals surface area contributed by atoms with Crippen LogP contribution in [0.25, 0.3) is 10.9 Å². The maximum absolute atomic E-state index is 12.7. The zero-order valence-electron chi connectivity index (χ0n) is 19.5. The normalized spacial score (nSPS) is 15.8. The first kappa shape index (κ1) is 27.9. The number of carboxylic acids is 1. The van der Waals surface area contributed by atoms with Crippen LogP contribution in [-0.4, -0.2) is 61.6 Å². The Bertz CT molecular complexity index is 1370. The van der Waals surface area contributed by atoms with Gasteiger partial charge in [0.15, 0.2) is 0 Å². The smallest absolute Gasteiger partial charge is 0.475 e. The number of rotatable bonds is 6. The number of nitriles is 1. The molecule has 2 aromatic heterocycles. The van der Waals surface area contributed by atoms with Crippen LogP contribution in [0.15, 0.2) is 42.7 Å². The highest BCUT2D eigenvalue weighted by molar-refractivity contribution is 5.87. The molecule has 2 atom stereocenters. The number of benzene rings is 1. The molecule has 200 valence electrons.